The van der Waals surface area contributed by atoms with Crippen molar-refractivity contribution in [2.75, 3.05) is 10.8 Å². The second kappa shape index (κ2) is 9.84. The van der Waals surface area contributed by atoms with Crippen LogP contribution in [0.4, 0.5) is 5.69 Å². The number of anilines is 1. The van der Waals surface area contributed by atoms with Gasteiger partial charge >= 0.3 is 0 Å². The first-order chi connectivity index (χ1) is 15.2. The van der Waals surface area contributed by atoms with Crippen LogP contribution in [0.5, 0.6) is 5.75 Å². The second-order valence-corrected chi connectivity index (χ2v) is 9.38. The van der Waals surface area contributed by atoms with Crippen molar-refractivity contribution in [3.63, 3.8) is 0 Å². The molecular weight excluding hydrogens is 450 g/mol. The summed E-state index contributed by atoms with van der Waals surface area (Å²) in [5.41, 5.74) is 4.95. The third-order valence-electron chi connectivity index (χ3n) is 4.80. The van der Waals surface area contributed by atoms with Crippen molar-refractivity contribution in [2.45, 2.75) is 18.7 Å². The molecule has 2 N–H and O–H groups in total. The van der Waals surface area contributed by atoms with Crippen molar-refractivity contribution in [3.05, 3.63) is 88.4 Å². The molecule has 3 aromatic carbocycles. The Bertz CT molecular complexity index is 1260. The topological polar surface area (TPSA) is 99.1 Å². The summed E-state index contributed by atoms with van der Waals surface area (Å²) >= 11 is 5.89. The normalized spacial score (nSPS) is 11.5. The van der Waals surface area contributed by atoms with Crippen molar-refractivity contribution >= 4 is 39.4 Å². The first kappa shape index (κ1) is 23.3. The zero-order chi connectivity index (χ0) is 23.3. The zero-order valence-electron chi connectivity index (χ0n) is 17.5. The van der Waals surface area contributed by atoms with Crippen LogP contribution in [0.15, 0.2) is 76.7 Å². The van der Waals surface area contributed by atoms with Gasteiger partial charge in [0.15, 0.2) is 0 Å². The molecule has 0 aromatic heterocycles. The smallest absolute Gasteiger partial charge is 0.264 e. The van der Waals surface area contributed by atoms with Gasteiger partial charge < -0.3 is 5.11 Å². The molecule has 0 saturated carbocycles. The van der Waals surface area contributed by atoms with Crippen molar-refractivity contribution in [1.82, 2.24) is 5.43 Å². The predicted molar refractivity (Wildman–Crippen MR) is 126 cm³/mol. The van der Waals surface area contributed by atoms with Gasteiger partial charge in [0.2, 0.25) is 0 Å². The number of phenolic OH excluding ortho intramolecular Hbond substituents is 1. The van der Waals surface area contributed by atoms with Crippen LogP contribution in [0.1, 0.15) is 16.7 Å². The summed E-state index contributed by atoms with van der Waals surface area (Å²) in [7, 11) is -4.06. The Balaban J connectivity index is 1.88. The minimum absolute atomic E-state index is 0.00522. The van der Waals surface area contributed by atoms with E-state index in [0.717, 1.165) is 15.4 Å². The lowest BCUT2D eigenvalue weighted by atomic mass is 10.1. The SMILES string of the molecule is Cc1ccc(N(CC(=O)N/N=C\c2ccccc2O)S(=O)(=O)c2ccc(Cl)cc2)cc1C. The Morgan fingerprint density at radius 1 is 1.06 bits per heavy atom. The predicted octanol–water partition coefficient (Wildman–Crippen LogP) is 4.01. The Labute approximate surface area is 192 Å². The highest BCUT2D eigenvalue weighted by molar-refractivity contribution is 7.92. The molecule has 0 unspecified atom stereocenters. The van der Waals surface area contributed by atoms with Crippen LogP contribution in [-0.4, -0.2) is 32.2 Å². The minimum Gasteiger partial charge on any atom is -0.507 e. The van der Waals surface area contributed by atoms with Crippen LogP contribution < -0.4 is 9.73 Å². The maximum Gasteiger partial charge on any atom is 0.264 e. The molecule has 0 heterocycles. The Morgan fingerprint density at radius 2 is 1.75 bits per heavy atom. The molecule has 0 bridgehead atoms. The van der Waals surface area contributed by atoms with Gasteiger partial charge in [0.1, 0.15) is 12.3 Å². The highest BCUT2D eigenvalue weighted by atomic mass is 35.5. The van der Waals surface area contributed by atoms with Gasteiger partial charge in [0, 0.05) is 10.6 Å². The van der Waals surface area contributed by atoms with E-state index in [9.17, 15) is 18.3 Å². The number of hydrogen-bond acceptors (Lipinski definition) is 5. The summed E-state index contributed by atoms with van der Waals surface area (Å²) in [6.07, 6.45) is 1.28. The number of aromatic hydroxyl groups is 1. The Kier molecular flexibility index (Phi) is 7.17. The summed E-state index contributed by atoms with van der Waals surface area (Å²) < 4.78 is 27.7. The van der Waals surface area contributed by atoms with E-state index in [1.54, 1.807) is 36.4 Å². The molecular formula is C23H22ClN3O4S. The fourth-order valence-corrected chi connectivity index (χ4v) is 4.40. The molecule has 0 aliphatic carbocycles. The van der Waals surface area contributed by atoms with Crippen LogP contribution in [0, 0.1) is 13.8 Å². The molecule has 0 spiro atoms. The van der Waals surface area contributed by atoms with Crippen molar-refractivity contribution in [1.29, 1.82) is 0 Å². The maximum atomic E-state index is 13.3. The van der Waals surface area contributed by atoms with Crippen molar-refractivity contribution in [2.24, 2.45) is 5.10 Å². The van der Waals surface area contributed by atoms with E-state index in [2.05, 4.69) is 10.5 Å². The number of aryl methyl sites for hydroxylation is 2. The average molecular weight is 472 g/mol. The molecule has 0 aliphatic heterocycles. The molecule has 9 heteroatoms. The maximum absolute atomic E-state index is 13.3. The molecule has 0 atom stereocenters. The van der Waals surface area contributed by atoms with Crippen molar-refractivity contribution < 1.29 is 18.3 Å². The number of nitrogens with zero attached hydrogens (tertiary/aromatic N) is 2. The van der Waals surface area contributed by atoms with Gasteiger partial charge in [0.25, 0.3) is 15.9 Å². The number of carbonyl (C=O) groups excluding carboxylic acids is 1. The number of carbonyl (C=O) groups is 1. The summed E-state index contributed by atoms with van der Waals surface area (Å²) in [5.74, 6) is -0.639. The van der Waals surface area contributed by atoms with E-state index in [1.807, 2.05) is 13.8 Å². The molecule has 3 aromatic rings. The average Bonchev–Trinajstić information content (AvgIpc) is 2.75. The number of nitrogens with one attached hydrogen (secondary N) is 1. The third kappa shape index (κ3) is 5.46. The monoisotopic (exact) mass is 471 g/mol. The number of phenols is 1. The fourth-order valence-electron chi connectivity index (χ4n) is 2.87. The van der Waals surface area contributed by atoms with Crippen LogP contribution in [0.3, 0.4) is 0 Å². The number of hydrazone groups is 1. The summed E-state index contributed by atoms with van der Waals surface area (Å²) in [6, 6.07) is 17.4. The van der Waals surface area contributed by atoms with E-state index in [0.29, 0.717) is 16.3 Å². The lowest BCUT2D eigenvalue weighted by Gasteiger charge is -2.24. The molecule has 0 saturated heterocycles. The lowest BCUT2D eigenvalue weighted by Crippen LogP contribution is -2.39. The highest BCUT2D eigenvalue weighted by Gasteiger charge is 2.27. The molecule has 32 heavy (non-hydrogen) atoms. The largest absolute Gasteiger partial charge is 0.507 e. The Hall–Kier alpha value is -3.36. The van der Waals surface area contributed by atoms with E-state index >= 15 is 0 Å². The number of halogens is 1. The number of hydrogen-bond donors (Lipinski definition) is 2. The summed E-state index contributed by atoms with van der Waals surface area (Å²) in [4.78, 5) is 12.6. The first-order valence-corrected chi connectivity index (χ1v) is 11.5. The highest BCUT2D eigenvalue weighted by Crippen LogP contribution is 2.26. The van der Waals surface area contributed by atoms with Gasteiger partial charge in [-0.05, 0) is 73.5 Å². The standard InChI is InChI=1S/C23H22ClN3O4S/c1-16-7-10-20(13-17(16)2)27(32(30,31)21-11-8-19(24)9-12-21)15-23(29)26-25-14-18-5-3-4-6-22(18)28/h3-14,28H,15H2,1-2H3,(H,26,29)/b25-14-. The van der Waals surface area contributed by atoms with Crippen LogP contribution >= 0.6 is 11.6 Å². The van der Waals surface area contributed by atoms with Gasteiger partial charge in [-0.1, -0.05) is 29.8 Å². The number of amides is 1. The zero-order valence-corrected chi connectivity index (χ0v) is 19.1. The molecule has 0 radical (unpaired) electrons. The summed E-state index contributed by atoms with van der Waals surface area (Å²) in [6.45, 7) is 3.28. The van der Waals surface area contributed by atoms with Crippen LogP contribution in [-0.2, 0) is 14.8 Å². The van der Waals surface area contributed by atoms with E-state index < -0.39 is 22.5 Å². The quantitative estimate of drug-likeness (QED) is 0.401. The van der Waals surface area contributed by atoms with E-state index in [1.165, 1.54) is 36.5 Å². The van der Waals surface area contributed by atoms with Crippen LogP contribution in [0.25, 0.3) is 0 Å². The second-order valence-electron chi connectivity index (χ2n) is 7.09. The molecule has 1 amide bonds. The van der Waals surface area contributed by atoms with E-state index in [-0.39, 0.29) is 10.6 Å². The van der Waals surface area contributed by atoms with Crippen molar-refractivity contribution in [3.8, 4) is 5.75 Å². The number of rotatable bonds is 7. The minimum atomic E-state index is -4.06. The molecule has 0 aliphatic rings. The lowest BCUT2D eigenvalue weighted by molar-refractivity contribution is -0.119. The first-order valence-electron chi connectivity index (χ1n) is 9.64. The molecule has 3 rings (SSSR count). The van der Waals surface area contributed by atoms with Gasteiger partial charge in [-0.2, -0.15) is 5.10 Å². The number of para-hydroxylation sites is 1. The molecule has 7 nitrogen and oxygen atoms in total. The molecule has 0 fully saturated rings. The number of benzene rings is 3. The van der Waals surface area contributed by atoms with Gasteiger partial charge in [0.05, 0.1) is 16.8 Å². The fraction of sp³-hybridized carbons (Fsp3) is 0.130. The third-order valence-corrected chi connectivity index (χ3v) is 6.84. The van der Waals surface area contributed by atoms with E-state index in [4.69, 9.17) is 11.6 Å². The van der Waals surface area contributed by atoms with Gasteiger partial charge in [-0.25, -0.2) is 13.8 Å². The Morgan fingerprint density at radius 3 is 2.41 bits per heavy atom. The van der Waals surface area contributed by atoms with Gasteiger partial charge in [-0.3, -0.25) is 9.10 Å². The van der Waals surface area contributed by atoms with Gasteiger partial charge in [-0.15, -0.1) is 0 Å². The number of sulfonamides is 1. The van der Waals surface area contributed by atoms with Crippen LogP contribution in [0.2, 0.25) is 5.02 Å². The summed E-state index contributed by atoms with van der Waals surface area (Å²) in [5, 5.41) is 14.0. The molecule has 166 valence electrons.